The zero-order valence-electron chi connectivity index (χ0n) is 13.6. The first-order valence-corrected chi connectivity index (χ1v) is 8.28. The first kappa shape index (κ1) is 16.9. The van der Waals surface area contributed by atoms with Crippen LogP contribution in [0.25, 0.3) is 17.4 Å². The fraction of sp³-hybridized carbons (Fsp3) is 0. The summed E-state index contributed by atoms with van der Waals surface area (Å²) in [6.07, 6.45) is 1.37. The Hall–Kier alpha value is -3.51. The van der Waals surface area contributed by atoms with Gasteiger partial charge in [-0.2, -0.15) is 0 Å². The lowest BCUT2D eigenvalue weighted by Crippen LogP contribution is -1.99. The molecule has 7 heteroatoms. The van der Waals surface area contributed by atoms with E-state index in [1.807, 2.05) is 0 Å². The highest BCUT2D eigenvalue weighted by Gasteiger charge is 2.32. The van der Waals surface area contributed by atoms with Crippen LogP contribution < -0.4 is 0 Å². The molecule has 27 heavy (non-hydrogen) atoms. The molecular formula is C20H10ClNO5. The van der Waals surface area contributed by atoms with E-state index in [9.17, 15) is 19.7 Å². The topological polar surface area (TPSA) is 90.4 Å². The molecule has 0 aliphatic heterocycles. The van der Waals surface area contributed by atoms with Gasteiger partial charge in [-0.15, -0.1) is 0 Å². The third-order valence-corrected chi connectivity index (χ3v) is 4.57. The monoisotopic (exact) mass is 379 g/mol. The second kappa shape index (κ2) is 6.34. The van der Waals surface area contributed by atoms with Gasteiger partial charge in [-0.3, -0.25) is 19.7 Å². The van der Waals surface area contributed by atoms with E-state index < -0.39 is 4.92 Å². The predicted molar refractivity (Wildman–Crippen MR) is 98.9 cm³/mol. The fourth-order valence-electron chi connectivity index (χ4n) is 2.94. The summed E-state index contributed by atoms with van der Waals surface area (Å²) in [5.41, 5.74) is 0.969. The Morgan fingerprint density at radius 1 is 0.926 bits per heavy atom. The summed E-state index contributed by atoms with van der Waals surface area (Å²) in [7, 11) is 0. The number of nitro benzene ring substituents is 1. The van der Waals surface area contributed by atoms with E-state index in [-0.39, 0.29) is 33.6 Å². The van der Waals surface area contributed by atoms with Crippen LogP contribution in [0.2, 0.25) is 5.02 Å². The molecular weight excluding hydrogens is 370 g/mol. The maximum Gasteiger partial charge on any atom is 0.270 e. The number of benzene rings is 2. The molecule has 0 bridgehead atoms. The van der Waals surface area contributed by atoms with Gasteiger partial charge >= 0.3 is 0 Å². The molecule has 1 heterocycles. The lowest BCUT2D eigenvalue weighted by molar-refractivity contribution is -0.384. The summed E-state index contributed by atoms with van der Waals surface area (Å²) in [5, 5.41) is 11.2. The first-order valence-electron chi connectivity index (χ1n) is 7.90. The van der Waals surface area contributed by atoms with Crippen molar-refractivity contribution in [1.29, 1.82) is 0 Å². The molecule has 0 unspecified atom stereocenters. The van der Waals surface area contributed by atoms with E-state index in [0.29, 0.717) is 22.5 Å². The van der Waals surface area contributed by atoms with Crippen molar-refractivity contribution >= 4 is 34.9 Å². The van der Waals surface area contributed by atoms with Crippen LogP contribution in [0, 0.1) is 10.1 Å². The normalized spacial score (nSPS) is 13.0. The number of hydrogen-bond acceptors (Lipinski definition) is 5. The van der Waals surface area contributed by atoms with Crippen molar-refractivity contribution in [3.8, 4) is 11.3 Å². The van der Waals surface area contributed by atoms with Gasteiger partial charge < -0.3 is 4.42 Å². The number of Topliss-reactive ketones (excluding diaryl/α,β-unsaturated/α-hetero) is 2. The van der Waals surface area contributed by atoms with Crippen LogP contribution in [0.15, 0.2) is 64.6 Å². The van der Waals surface area contributed by atoms with Crippen LogP contribution >= 0.6 is 11.6 Å². The van der Waals surface area contributed by atoms with Gasteiger partial charge in [-0.1, -0.05) is 35.9 Å². The average Bonchev–Trinajstić information content (AvgIpc) is 3.21. The molecule has 0 spiro atoms. The van der Waals surface area contributed by atoms with Gasteiger partial charge in [0.05, 0.1) is 15.5 Å². The van der Waals surface area contributed by atoms with Crippen molar-refractivity contribution in [2.24, 2.45) is 0 Å². The Labute approximate surface area is 157 Å². The fourth-order valence-corrected chi connectivity index (χ4v) is 3.15. The Kier molecular flexibility index (Phi) is 3.97. The maximum absolute atomic E-state index is 12.4. The minimum Gasteiger partial charge on any atom is -0.457 e. The predicted octanol–water partition coefficient (Wildman–Crippen LogP) is 4.97. The van der Waals surface area contributed by atoms with Gasteiger partial charge in [-0.05, 0) is 24.3 Å². The lowest BCUT2D eigenvalue weighted by atomic mass is 10.1. The van der Waals surface area contributed by atoms with E-state index >= 15 is 0 Å². The molecule has 2 aromatic carbocycles. The zero-order chi connectivity index (χ0) is 19.1. The molecule has 0 N–H and O–H groups in total. The van der Waals surface area contributed by atoms with Crippen LogP contribution in [-0.2, 0) is 0 Å². The number of furan rings is 1. The standard InChI is InChI=1S/C20H10ClNO5/c21-17-7-5-11(22(25)26)9-15(17)18-8-6-12(27-18)10-16-19(23)13-3-1-2-4-14(13)20(16)24/h1-10H. The maximum atomic E-state index is 12.4. The van der Waals surface area contributed by atoms with Crippen molar-refractivity contribution in [3.63, 3.8) is 0 Å². The van der Waals surface area contributed by atoms with Crippen LogP contribution in [0.3, 0.4) is 0 Å². The van der Waals surface area contributed by atoms with Gasteiger partial charge in [0.2, 0.25) is 0 Å². The molecule has 0 radical (unpaired) electrons. The van der Waals surface area contributed by atoms with E-state index in [0.717, 1.165) is 0 Å². The van der Waals surface area contributed by atoms with E-state index in [4.69, 9.17) is 16.0 Å². The van der Waals surface area contributed by atoms with Crippen molar-refractivity contribution in [1.82, 2.24) is 0 Å². The molecule has 1 aliphatic carbocycles. The van der Waals surface area contributed by atoms with Crippen LogP contribution in [0.5, 0.6) is 0 Å². The smallest absolute Gasteiger partial charge is 0.270 e. The highest BCUT2D eigenvalue weighted by molar-refractivity contribution is 6.41. The summed E-state index contributed by atoms with van der Waals surface area (Å²) in [5.74, 6) is -0.146. The third kappa shape index (κ3) is 2.86. The molecule has 1 aromatic heterocycles. The second-order valence-corrected chi connectivity index (χ2v) is 6.29. The molecule has 0 saturated carbocycles. The number of carbonyl (C=O) groups is 2. The average molecular weight is 380 g/mol. The number of fused-ring (bicyclic) bond motifs is 1. The SMILES string of the molecule is O=C1C(=Cc2ccc(-c3cc([N+](=O)[O-])ccc3Cl)o2)C(=O)c2ccccc21. The lowest BCUT2D eigenvalue weighted by Gasteiger charge is -2.00. The van der Waals surface area contributed by atoms with Crippen molar-refractivity contribution in [2.75, 3.05) is 0 Å². The third-order valence-electron chi connectivity index (χ3n) is 4.25. The Balaban J connectivity index is 1.72. The molecule has 132 valence electrons. The number of non-ortho nitro benzene ring substituents is 1. The Morgan fingerprint density at radius 2 is 1.59 bits per heavy atom. The number of nitrogens with zero attached hydrogens (tertiary/aromatic N) is 1. The second-order valence-electron chi connectivity index (χ2n) is 5.89. The number of halogens is 1. The number of allylic oxidation sites excluding steroid dienone is 1. The highest BCUT2D eigenvalue weighted by Crippen LogP contribution is 2.34. The summed E-state index contributed by atoms with van der Waals surface area (Å²) in [6, 6.07) is 13.8. The number of hydrogen-bond donors (Lipinski definition) is 0. The van der Waals surface area contributed by atoms with Crippen molar-refractivity contribution in [2.45, 2.75) is 0 Å². The summed E-state index contributed by atoms with van der Waals surface area (Å²) in [4.78, 5) is 35.3. The summed E-state index contributed by atoms with van der Waals surface area (Å²) >= 11 is 6.12. The van der Waals surface area contributed by atoms with Crippen LogP contribution in [-0.4, -0.2) is 16.5 Å². The van der Waals surface area contributed by atoms with Gasteiger partial charge in [-0.25, -0.2) is 0 Å². The number of nitro groups is 1. The van der Waals surface area contributed by atoms with Crippen molar-refractivity contribution < 1.29 is 18.9 Å². The highest BCUT2D eigenvalue weighted by atomic mass is 35.5. The quantitative estimate of drug-likeness (QED) is 0.277. The van der Waals surface area contributed by atoms with Gasteiger partial charge in [0.25, 0.3) is 5.69 Å². The van der Waals surface area contributed by atoms with Gasteiger partial charge in [0.1, 0.15) is 11.5 Å². The number of ketones is 2. The number of rotatable bonds is 3. The zero-order valence-corrected chi connectivity index (χ0v) is 14.4. The van der Waals surface area contributed by atoms with E-state index in [1.165, 1.54) is 24.3 Å². The molecule has 0 saturated heterocycles. The Bertz CT molecular complexity index is 1120. The molecule has 0 atom stereocenters. The van der Waals surface area contributed by atoms with Crippen molar-refractivity contribution in [3.05, 3.63) is 92.2 Å². The molecule has 4 rings (SSSR count). The minimum atomic E-state index is -0.529. The van der Waals surface area contributed by atoms with E-state index in [2.05, 4.69) is 0 Å². The minimum absolute atomic E-state index is 0.0160. The molecule has 1 aliphatic rings. The molecule has 0 amide bonds. The summed E-state index contributed by atoms with van der Waals surface area (Å²) < 4.78 is 5.65. The largest absolute Gasteiger partial charge is 0.457 e. The van der Waals surface area contributed by atoms with Crippen LogP contribution in [0.1, 0.15) is 26.5 Å². The number of carbonyl (C=O) groups excluding carboxylic acids is 2. The molecule has 0 fully saturated rings. The van der Waals surface area contributed by atoms with Gasteiger partial charge in [0.15, 0.2) is 11.6 Å². The van der Waals surface area contributed by atoms with Crippen LogP contribution in [0.4, 0.5) is 5.69 Å². The Morgan fingerprint density at radius 3 is 2.22 bits per heavy atom. The van der Waals surface area contributed by atoms with Gasteiger partial charge in [0, 0.05) is 28.8 Å². The first-order chi connectivity index (χ1) is 13.0. The molecule has 3 aromatic rings. The van der Waals surface area contributed by atoms with E-state index in [1.54, 1.807) is 36.4 Å². The summed E-state index contributed by atoms with van der Waals surface area (Å²) in [6.45, 7) is 0. The molecule has 6 nitrogen and oxygen atoms in total.